The molecule has 35 rings (SSSR count). The predicted molar refractivity (Wildman–Crippen MR) is 346 cm³/mol. The van der Waals surface area contributed by atoms with Crippen LogP contribution in [-0.2, 0) is 89.7 Å². The molecule has 6 unspecified atom stereocenters. The van der Waals surface area contributed by atoms with Gasteiger partial charge in [-0.2, -0.15) is 0 Å². The lowest BCUT2D eigenvalue weighted by atomic mass is 9.66. The molecule has 0 aromatic heterocycles. The monoisotopic (exact) mass is 1190 g/mol. The summed E-state index contributed by atoms with van der Waals surface area (Å²) in [4.78, 5) is 103. The highest BCUT2D eigenvalue weighted by atomic mass is 16.6. The second kappa shape index (κ2) is 9.60. The smallest absolute Gasteiger partial charge is 0.326 e. The third-order valence-corrected chi connectivity index (χ3v) is 31.6. The van der Waals surface area contributed by atoms with Crippen LogP contribution in [0.15, 0.2) is 0 Å². The minimum absolute atomic E-state index is 0.0144. The standard InChI is InChI=1S/C81H30O12/c1-7-88-67(82)79(68(83)89-8-2)73-55-33-20-14-13-15-22-17-21(14)34(55)43-30(17)49-51-52-50-31-18-24-26-28-27-25(39(33)56(73)40(28)38(24)60(50)74(73,79)61(43)52)23-16(20)19(13)35-45-29(15)46-36(22)59(49)75-62(51)44(31)48-32(18)47-42(26)58-41(27)37(23)57(35)76-63(45)53-54(64(47)77(58,76)81(76,71(86)92-11-5)72(87)93-12-6)66(48)78(75,65(46)53)80(75,69(84)90-9-3)70(85)91-10-4/h7-12H2,1-6H3. The molecule has 15 aliphatic rings. The van der Waals surface area contributed by atoms with E-state index >= 15 is 28.8 Å². The van der Waals surface area contributed by atoms with Gasteiger partial charge in [0.25, 0.3) is 0 Å². The van der Waals surface area contributed by atoms with Crippen molar-refractivity contribution >= 4 is 251 Å². The van der Waals surface area contributed by atoms with E-state index in [0.29, 0.717) is 0 Å². The number of carbonyl (C=O) groups is 6. The molecule has 0 amide bonds. The van der Waals surface area contributed by atoms with Gasteiger partial charge in [-0.25, -0.2) is 0 Å². The average Bonchev–Trinajstić information content (AvgIpc) is 1.34. The fraction of sp³-hybridized carbons (Fsp3) is 0.259. The lowest BCUT2D eigenvalue weighted by Crippen LogP contribution is -2.39. The first-order chi connectivity index (χ1) is 45.6. The van der Waals surface area contributed by atoms with Crippen LogP contribution in [0.5, 0.6) is 0 Å². The lowest BCUT2D eigenvalue weighted by molar-refractivity contribution is -0.167. The minimum Gasteiger partial charge on any atom is -0.465 e. The lowest BCUT2D eigenvalue weighted by Gasteiger charge is -2.34. The Kier molecular flexibility index (Phi) is 4.27. The minimum atomic E-state index is -2.03. The van der Waals surface area contributed by atoms with Crippen LogP contribution < -0.4 is 0 Å². The van der Waals surface area contributed by atoms with E-state index in [-0.39, 0.29) is 39.6 Å². The van der Waals surface area contributed by atoms with E-state index in [9.17, 15) is 0 Å². The summed E-state index contributed by atoms with van der Waals surface area (Å²) in [7, 11) is 0. The quantitative estimate of drug-likeness (QED) is 0.0494. The van der Waals surface area contributed by atoms with Gasteiger partial charge in [-0.05, 0) is 335 Å². The van der Waals surface area contributed by atoms with Crippen molar-refractivity contribution in [3.63, 3.8) is 0 Å². The van der Waals surface area contributed by atoms with Crippen molar-refractivity contribution in [3.8, 4) is 11.1 Å². The van der Waals surface area contributed by atoms with E-state index in [2.05, 4.69) is 0 Å². The zero-order valence-corrected chi connectivity index (χ0v) is 49.6. The molecule has 93 heavy (non-hydrogen) atoms. The Labute approximate surface area is 513 Å². The van der Waals surface area contributed by atoms with Gasteiger partial charge in [0.1, 0.15) is 0 Å². The van der Waals surface area contributed by atoms with Gasteiger partial charge < -0.3 is 28.4 Å². The van der Waals surface area contributed by atoms with E-state index in [1.165, 1.54) is 32.3 Å². The Morgan fingerprint density at radius 3 is 0.452 bits per heavy atom. The van der Waals surface area contributed by atoms with Crippen LogP contribution in [0.25, 0.3) is 227 Å². The van der Waals surface area contributed by atoms with Crippen LogP contribution in [0.3, 0.4) is 0 Å². The van der Waals surface area contributed by atoms with Crippen molar-refractivity contribution in [2.45, 2.75) is 74.0 Å². The van der Waals surface area contributed by atoms with E-state index in [0.717, 1.165) is 261 Å². The van der Waals surface area contributed by atoms with Gasteiger partial charge >= 0.3 is 35.8 Å². The third-order valence-electron chi connectivity index (χ3n) is 31.6. The molecule has 12 nitrogen and oxygen atoms in total. The first kappa shape index (κ1) is 41.3. The summed E-state index contributed by atoms with van der Waals surface area (Å²) < 4.78 is 40.4. The molecule has 20 aromatic carbocycles. The van der Waals surface area contributed by atoms with Crippen LogP contribution in [0.1, 0.15) is 108 Å². The highest BCUT2D eigenvalue weighted by molar-refractivity contribution is 6.74. The van der Waals surface area contributed by atoms with Crippen molar-refractivity contribution in [3.05, 3.63) is 66.8 Å². The van der Waals surface area contributed by atoms with Gasteiger partial charge in [0.2, 0.25) is 0 Å². The Morgan fingerprint density at radius 1 is 0.183 bits per heavy atom. The normalized spacial score (nSPS) is 28.7. The van der Waals surface area contributed by atoms with E-state index < -0.39 is 84.6 Å². The van der Waals surface area contributed by atoms with Crippen LogP contribution in [0.2, 0.25) is 0 Å². The maximum absolute atomic E-state index is 17.3. The van der Waals surface area contributed by atoms with Crippen molar-refractivity contribution in [2.24, 2.45) is 16.2 Å². The summed E-state index contributed by atoms with van der Waals surface area (Å²) >= 11 is 0. The van der Waals surface area contributed by atoms with Gasteiger partial charge in [0.05, 0.1) is 72.1 Å². The van der Waals surface area contributed by atoms with Crippen LogP contribution >= 0.6 is 0 Å². The highest BCUT2D eigenvalue weighted by Gasteiger charge is 3.07. The molecule has 0 aliphatic heterocycles. The van der Waals surface area contributed by atoms with Crippen LogP contribution in [-0.4, -0.2) is 75.5 Å². The SMILES string of the molecule is CCOC(=O)C1(C(=O)OCC)C23c4c5c6c7c8c9c%10c%11c%12c%13c%14c(c-5c2c2c5c%15c%16c%17c(c%18c4c7c4c%18c7c%18c%19c%20c%21c%22c%23c%24c%25c(c(c%177)C%187C(C(=O)OCC)(C(=O)OCC)C%21%247)c%16c7c5c(c2%14)c2c%13c(c%11c%22c%10c%20c8c%194)c%23c2c%257)C%1513)C%121C(C(=O)OCC)(C(=O)OCC)C691. The third kappa shape index (κ3) is 2.16. The molecule has 0 radical (unpaired) electrons. The zero-order valence-electron chi connectivity index (χ0n) is 49.6. The number of esters is 6. The van der Waals surface area contributed by atoms with Crippen molar-refractivity contribution < 1.29 is 57.2 Å². The highest BCUT2D eigenvalue weighted by Crippen LogP contribution is 3.04. The van der Waals surface area contributed by atoms with Gasteiger partial charge in [0.15, 0.2) is 16.2 Å². The molecule has 0 N–H and O–H groups in total. The van der Waals surface area contributed by atoms with E-state index in [1.54, 1.807) is 0 Å². The number of hydrogen-bond donors (Lipinski definition) is 0. The Morgan fingerprint density at radius 2 is 0.290 bits per heavy atom. The van der Waals surface area contributed by atoms with Gasteiger partial charge in [-0.15, -0.1) is 0 Å². The maximum Gasteiger partial charge on any atom is 0.326 e. The number of hydrogen-bond acceptors (Lipinski definition) is 12. The molecule has 15 aliphatic carbocycles. The molecular weight excluding hydrogens is 1160 g/mol. The van der Waals surface area contributed by atoms with Crippen molar-refractivity contribution in [1.82, 2.24) is 0 Å². The van der Waals surface area contributed by atoms with Crippen LogP contribution in [0.4, 0.5) is 0 Å². The summed E-state index contributed by atoms with van der Waals surface area (Å²) in [5, 5.41) is 44.3. The molecule has 0 bridgehead atoms. The average molecular weight is 1200 g/mol. The molecule has 3 saturated carbocycles. The molecular formula is C81H30O12. The molecule has 20 aromatic rings. The topological polar surface area (TPSA) is 158 Å². The predicted octanol–water partition coefficient (Wildman–Crippen LogP) is 13.8. The fourth-order valence-corrected chi connectivity index (χ4v) is 32.2. The van der Waals surface area contributed by atoms with Gasteiger partial charge in [-0.3, -0.25) is 28.8 Å². The number of rotatable bonds is 12. The maximum atomic E-state index is 17.3. The Bertz CT molecular complexity index is 8040. The van der Waals surface area contributed by atoms with E-state index in [1.807, 2.05) is 41.5 Å². The second-order valence-corrected chi connectivity index (χ2v) is 31.3. The molecule has 426 valence electrons. The first-order valence-electron chi connectivity index (χ1n) is 33.9. The first-order valence-corrected chi connectivity index (χ1v) is 33.9. The summed E-state index contributed by atoms with van der Waals surface area (Å²) in [5.74, 6) is -3.49. The molecule has 0 heterocycles. The van der Waals surface area contributed by atoms with Crippen molar-refractivity contribution in [1.29, 1.82) is 0 Å². The molecule has 12 heteroatoms. The summed E-state index contributed by atoms with van der Waals surface area (Å²) in [6.07, 6.45) is 0. The number of carbonyl (C=O) groups excluding carboxylic acids is 6. The number of benzene rings is 14. The number of ether oxygens (including phenoxy) is 6. The van der Waals surface area contributed by atoms with Gasteiger partial charge in [-0.1, -0.05) is 0 Å². The summed E-state index contributed by atoms with van der Waals surface area (Å²) in [5.41, 5.74) is -0.612. The van der Waals surface area contributed by atoms with Gasteiger partial charge in [0, 0.05) is 0 Å². The second-order valence-electron chi connectivity index (χ2n) is 31.3. The molecule has 0 saturated heterocycles. The summed E-state index contributed by atoms with van der Waals surface area (Å²) in [6, 6.07) is 0. The summed E-state index contributed by atoms with van der Waals surface area (Å²) in [6.45, 7) is 11.3. The largest absolute Gasteiger partial charge is 0.465 e. The zero-order chi connectivity index (χ0) is 59.6. The Hall–Kier alpha value is -10.2. The van der Waals surface area contributed by atoms with Crippen molar-refractivity contribution in [2.75, 3.05) is 39.6 Å². The fourth-order valence-electron chi connectivity index (χ4n) is 32.2. The van der Waals surface area contributed by atoms with Crippen LogP contribution in [0, 0.1) is 16.2 Å². The molecule has 6 atom stereocenters. The Balaban J connectivity index is 1.03. The molecule has 6 spiro atoms. The molecule has 3 fully saturated rings. The van der Waals surface area contributed by atoms with E-state index in [4.69, 9.17) is 28.4 Å².